The summed E-state index contributed by atoms with van der Waals surface area (Å²) in [6.45, 7) is 2.77. The molecule has 3 aliphatic heterocycles. The predicted octanol–water partition coefficient (Wildman–Crippen LogP) is 2.93. The summed E-state index contributed by atoms with van der Waals surface area (Å²) in [5.74, 6) is 2.12. The lowest BCUT2D eigenvalue weighted by Crippen LogP contribution is -2.27. The molecule has 132 valence electrons. The van der Waals surface area contributed by atoms with Crippen molar-refractivity contribution in [2.45, 2.75) is 55.1 Å². The number of ether oxygens (including phenoxy) is 2. The maximum atomic E-state index is 12.5. The van der Waals surface area contributed by atoms with Gasteiger partial charge in [0.15, 0.2) is 0 Å². The Morgan fingerprint density at radius 3 is 2.88 bits per heavy atom. The Balaban J connectivity index is 1.50. The second-order valence-corrected chi connectivity index (χ2v) is 8.81. The molecule has 1 aromatic carbocycles. The molecule has 2 fully saturated rings. The molecular formula is C19H27NO3S. The van der Waals surface area contributed by atoms with E-state index in [2.05, 4.69) is 18.0 Å². The van der Waals surface area contributed by atoms with Crippen LogP contribution in [0.2, 0.25) is 0 Å². The number of hydrogen-bond donors (Lipinski definition) is 0. The standard InChI is InChI=1S/C19H27NO3S/c1-20-8-2-3-15(20)11-14-13-24(21)19-5-4-17(12-18(14)19)23-16-6-9-22-10-7-16/h4-5,12,14-16H,2-3,6-11,13H2,1H3/t14?,15-,24?/m1/s1. The predicted molar refractivity (Wildman–Crippen MR) is 95.2 cm³/mol. The van der Waals surface area contributed by atoms with Crippen LogP contribution in [0.15, 0.2) is 23.1 Å². The Morgan fingerprint density at radius 2 is 2.12 bits per heavy atom. The van der Waals surface area contributed by atoms with E-state index >= 15 is 0 Å². The van der Waals surface area contributed by atoms with E-state index < -0.39 is 10.8 Å². The van der Waals surface area contributed by atoms with E-state index in [-0.39, 0.29) is 6.10 Å². The molecule has 0 N–H and O–H groups in total. The summed E-state index contributed by atoms with van der Waals surface area (Å²) in [6.07, 6.45) is 5.85. The third kappa shape index (κ3) is 3.39. The molecule has 0 radical (unpaired) electrons. The Kier molecular flexibility index (Phi) is 4.93. The zero-order valence-electron chi connectivity index (χ0n) is 14.4. The van der Waals surface area contributed by atoms with Crippen molar-refractivity contribution in [3.63, 3.8) is 0 Å². The zero-order valence-corrected chi connectivity index (χ0v) is 15.2. The quantitative estimate of drug-likeness (QED) is 0.838. The van der Waals surface area contributed by atoms with Crippen LogP contribution in [0.5, 0.6) is 5.75 Å². The Labute approximate surface area is 147 Å². The van der Waals surface area contributed by atoms with E-state index in [1.807, 2.05) is 12.1 Å². The fraction of sp³-hybridized carbons (Fsp3) is 0.684. The van der Waals surface area contributed by atoms with Gasteiger partial charge in [-0.1, -0.05) is 0 Å². The minimum atomic E-state index is -0.848. The second-order valence-electron chi connectivity index (χ2n) is 7.35. The minimum absolute atomic E-state index is 0.253. The van der Waals surface area contributed by atoms with E-state index in [4.69, 9.17) is 9.47 Å². The van der Waals surface area contributed by atoms with Crippen LogP contribution in [0.1, 0.15) is 43.6 Å². The van der Waals surface area contributed by atoms with E-state index in [0.29, 0.717) is 12.0 Å². The van der Waals surface area contributed by atoms with Gasteiger partial charge in [-0.2, -0.15) is 0 Å². The van der Waals surface area contributed by atoms with Gasteiger partial charge < -0.3 is 14.4 Å². The highest BCUT2D eigenvalue weighted by molar-refractivity contribution is 7.85. The van der Waals surface area contributed by atoms with Crippen LogP contribution in [0.25, 0.3) is 0 Å². The first-order chi connectivity index (χ1) is 11.7. The topological polar surface area (TPSA) is 38.8 Å². The van der Waals surface area contributed by atoms with Crippen molar-refractivity contribution in [3.8, 4) is 5.75 Å². The number of hydrogen-bond acceptors (Lipinski definition) is 4. The van der Waals surface area contributed by atoms with Gasteiger partial charge >= 0.3 is 0 Å². The number of rotatable bonds is 4. The molecule has 4 rings (SSSR count). The highest BCUT2D eigenvalue weighted by Crippen LogP contribution is 2.39. The average Bonchev–Trinajstić information content (AvgIpc) is 3.13. The van der Waals surface area contributed by atoms with Crippen molar-refractivity contribution >= 4 is 10.8 Å². The molecule has 2 unspecified atom stereocenters. The lowest BCUT2D eigenvalue weighted by molar-refractivity contribution is 0.0255. The smallest absolute Gasteiger partial charge is 0.120 e. The van der Waals surface area contributed by atoms with Crippen molar-refractivity contribution < 1.29 is 13.7 Å². The largest absolute Gasteiger partial charge is 0.490 e. The normalized spacial score (nSPS) is 31.3. The number of benzene rings is 1. The van der Waals surface area contributed by atoms with E-state index in [9.17, 15) is 4.21 Å². The van der Waals surface area contributed by atoms with E-state index in [1.54, 1.807) is 0 Å². The summed E-state index contributed by atoms with van der Waals surface area (Å²) < 4.78 is 24.0. The lowest BCUT2D eigenvalue weighted by Gasteiger charge is -2.25. The van der Waals surface area contributed by atoms with Crippen LogP contribution in [0.3, 0.4) is 0 Å². The van der Waals surface area contributed by atoms with E-state index in [0.717, 1.165) is 48.9 Å². The molecule has 24 heavy (non-hydrogen) atoms. The van der Waals surface area contributed by atoms with Crippen molar-refractivity contribution in [1.29, 1.82) is 0 Å². The summed E-state index contributed by atoms with van der Waals surface area (Å²) in [4.78, 5) is 3.49. The number of nitrogens with zero attached hydrogens (tertiary/aromatic N) is 1. The second kappa shape index (κ2) is 7.14. The molecule has 3 heterocycles. The Bertz CT molecular complexity index is 615. The van der Waals surface area contributed by atoms with Crippen molar-refractivity contribution in [2.75, 3.05) is 32.6 Å². The van der Waals surface area contributed by atoms with Crippen LogP contribution in [-0.4, -0.2) is 53.8 Å². The third-order valence-corrected chi connectivity index (χ3v) is 7.29. The van der Waals surface area contributed by atoms with Crippen molar-refractivity contribution in [2.24, 2.45) is 0 Å². The summed E-state index contributed by atoms with van der Waals surface area (Å²) >= 11 is 0. The van der Waals surface area contributed by atoms with Gasteiger partial charge in [0, 0.05) is 29.5 Å². The highest BCUT2D eigenvalue weighted by Gasteiger charge is 2.33. The van der Waals surface area contributed by atoms with Gasteiger partial charge in [-0.05, 0) is 62.5 Å². The summed E-state index contributed by atoms with van der Waals surface area (Å²) in [5, 5.41) is 0. The molecule has 0 aromatic heterocycles. The van der Waals surface area contributed by atoms with Gasteiger partial charge in [0.1, 0.15) is 11.9 Å². The summed E-state index contributed by atoms with van der Waals surface area (Å²) in [5.41, 5.74) is 1.26. The van der Waals surface area contributed by atoms with Gasteiger partial charge in [-0.3, -0.25) is 4.21 Å². The first-order valence-corrected chi connectivity index (χ1v) is 10.5. The average molecular weight is 349 g/mol. The fourth-order valence-electron chi connectivity index (χ4n) is 4.28. The molecule has 3 atom stereocenters. The number of fused-ring (bicyclic) bond motifs is 1. The van der Waals surface area contributed by atoms with Gasteiger partial charge in [-0.15, -0.1) is 0 Å². The molecular weight excluding hydrogens is 322 g/mol. The van der Waals surface area contributed by atoms with Crippen molar-refractivity contribution in [1.82, 2.24) is 4.90 Å². The van der Waals surface area contributed by atoms with Crippen LogP contribution in [0, 0.1) is 0 Å². The third-order valence-electron chi connectivity index (χ3n) is 5.72. The summed E-state index contributed by atoms with van der Waals surface area (Å²) in [6, 6.07) is 6.82. The molecule has 4 nitrogen and oxygen atoms in total. The van der Waals surface area contributed by atoms with Gasteiger partial charge in [0.2, 0.25) is 0 Å². The maximum Gasteiger partial charge on any atom is 0.120 e. The first kappa shape index (κ1) is 16.6. The monoisotopic (exact) mass is 349 g/mol. The molecule has 5 heteroatoms. The highest BCUT2D eigenvalue weighted by atomic mass is 32.2. The molecule has 0 bridgehead atoms. The Morgan fingerprint density at radius 1 is 1.29 bits per heavy atom. The molecule has 0 spiro atoms. The maximum absolute atomic E-state index is 12.5. The van der Waals surface area contributed by atoms with Gasteiger partial charge in [0.05, 0.1) is 24.0 Å². The molecule has 0 amide bonds. The van der Waals surface area contributed by atoms with Crippen LogP contribution < -0.4 is 4.74 Å². The SMILES string of the molecule is CN1CCC[C@@H]1CC1CS(=O)c2ccc(OC3CCOCC3)cc21. The van der Waals surface area contributed by atoms with Crippen LogP contribution in [-0.2, 0) is 15.5 Å². The van der Waals surface area contributed by atoms with Gasteiger partial charge in [0.25, 0.3) is 0 Å². The van der Waals surface area contributed by atoms with Crippen LogP contribution in [0.4, 0.5) is 0 Å². The number of likely N-dealkylation sites (tertiary alicyclic amines) is 1. The van der Waals surface area contributed by atoms with Gasteiger partial charge in [-0.25, -0.2) is 0 Å². The van der Waals surface area contributed by atoms with E-state index in [1.165, 1.54) is 24.9 Å². The molecule has 0 aliphatic carbocycles. The summed E-state index contributed by atoms with van der Waals surface area (Å²) in [7, 11) is 1.37. The first-order valence-electron chi connectivity index (χ1n) is 9.17. The molecule has 1 aromatic rings. The molecule has 0 saturated carbocycles. The molecule has 3 aliphatic rings. The lowest BCUT2D eigenvalue weighted by atomic mass is 9.93. The van der Waals surface area contributed by atoms with Crippen LogP contribution >= 0.6 is 0 Å². The Hall–Kier alpha value is -0.910. The molecule has 2 saturated heterocycles. The fourth-order valence-corrected chi connectivity index (χ4v) is 5.84. The van der Waals surface area contributed by atoms with Crippen molar-refractivity contribution in [3.05, 3.63) is 23.8 Å². The zero-order chi connectivity index (χ0) is 16.5. The minimum Gasteiger partial charge on any atom is -0.490 e.